The highest BCUT2D eigenvalue weighted by molar-refractivity contribution is 7.26. The lowest BCUT2D eigenvalue weighted by atomic mass is 9.77. The third kappa shape index (κ3) is 3.52. The van der Waals surface area contributed by atoms with Crippen LogP contribution < -0.4 is 4.90 Å². The Hall–Kier alpha value is -5.12. The first-order valence-corrected chi connectivity index (χ1v) is 16.9. The van der Waals surface area contributed by atoms with Crippen LogP contribution in [-0.4, -0.2) is 6.04 Å². The summed E-state index contributed by atoms with van der Waals surface area (Å²) in [6.45, 7) is 4.77. The molecule has 0 saturated carbocycles. The molecule has 0 bridgehead atoms. The van der Waals surface area contributed by atoms with Gasteiger partial charge in [0, 0.05) is 59.4 Å². The first kappa shape index (κ1) is 26.1. The highest BCUT2D eigenvalue weighted by Gasteiger charge is 2.46. The molecule has 0 radical (unpaired) electrons. The summed E-state index contributed by atoms with van der Waals surface area (Å²) in [6, 6.07) is 44.5. The summed E-state index contributed by atoms with van der Waals surface area (Å²) in [5.41, 5.74) is 8.48. The molecule has 2 nitrogen and oxygen atoms in total. The molecule has 3 heteroatoms. The molecule has 0 aliphatic heterocycles. The Morgan fingerprint density at radius 2 is 1.37 bits per heavy atom. The van der Waals surface area contributed by atoms with Crippen LogP contribution in [0.2, 0.25) is 0 Å². The molecule has 2 aliphatic rings. The molecule has 0 spiro atoms. The highest BCUT2D eigenvalue weighted by Crippen LogP contribution is 2.56. The van der Waals surface area contributed by atoms with Crippen molar-refractivity contribution in [3.8, 4) is 0 Å². The second-order valence-corrected chi connectivity index (χ2v) is 14.3. The zero-order valence-corrected chi connectivity index (χ0v) is 26.5. The van der Waals surface area contributed by atoms with Crippen molar-refractivity contribution in [1.29, 1.82) is 0 Å². The fraction of sp³-hybridized carbons (Fsp3) is 0.116. The van der Waals surface area contributed by atoms with Crippen LogP contribution in [0.3, 0.4) is 0 Å². The van der Waals surface area contributed by atoms with Gasteiger partial charge in [-0.3, -0.25) is 0 Å². The van der Waals surface area contributed by atoms with E-state index >= 15 is 0 Å². The molecule has 10 rings (SSSR count). The molecule has 2 heterocycles. The van der Waals surface area contributed by atoms with Gasteiger partial charge in [0.2, 0.25) is 0 Å². The van der Waals surface area contributed by atoms with Crippen molar-refractivity contribution in [2.75, 3.05) is 4.90 Å². The van der Waals surface area contributed by atoms with Crippen LogP contribution in [-0.2, 0) is 5.41 Å². The Bertz CT molecular complexity index is 2600. The minimum Gasteiger partial charge on any atom is -0.456 e. The van der Waals surface area contributed by atoms with Crippen LogP contribution in [0.15, 0.2) is 150 Å². The molecule has 0 fully saturated rings. The molecule has 2 aliphatic carbocycles. The Balaban J connectivity index is 1.28. The quantitative estimate of drug-likeness (QED) is 0.198. The molecule has 0 amide bonds. The lowest BCUT2D eigenvalue weighted by Gasteiger charge is -2.40. The van der Waals surface area contributed by atoms with Crippen LogP contribution in [0, 0.1) is 0 Å². The zero-order valence-electron chi connectivity index (χ0n) is 25.7. The van der Waals surface area contributed by atoms with E-state index in [1.54, 1.807) is 0 Å². The Morgan fingerprint density at radius 1 is 0.652 bits per heavy atom. The van der Waals surface area contributed by atoms with Gasteiger partial charge in [-0.2, -0.15) is 0 Å². The van der Waals surface area contributed by atoms with Crippen molar-refractivity contribution in [3.05, 3.63) is 156 Å². The normalized spacial score (nSPS) is 18.4. The van der Waals surface area contributed by atoms with Crippen molar-refractivity contribution in [2.45, 2.75) is 31.2 Å². The van der Waals surface area contributed by atoms with Gasteiger partial charge in [-0.15, -0.1) is 11.3 Å². The fourth-order valence-corrected chi connectivity index (χ4v) is 9.61. The van der Waals surface area contributed by atoms with Gasteiger partial charge in [-0.25, -0.2) is 0 Å². The molecule has 220 valence electrons. The number of benzene rings is 6. The van der Waals surface area contributed by atoms with E-state index < -0.39 is 0 Å². The van der Waals surface area contributed by atoms with E-state index in [4.69, 9.17) is 4.42 Å². The van der Waals surface area contributed by atoms with E-state index in [0.29, 0.717) is 0 Å². The first-order valence-electron chi connectivity index (χ1n) is 16.1. The molecule has 46 heavy (non-hydrogen) atoms. The van der Waals surface area contributed by atoms with Crippen molar-refractivity contribution >= 4 is 75.6 Å². The topological polar surface area (TPSA) is 16.4 Å². The summed E-state index contributed by atoms with van der Waals surface area (Å²) in [6.07, 6.45) is 7.07. The number of nitrogens with zero attached hydrogens (tertiary/aromatic N) is 1. The summed E-state index contributed by atoms with van der Waals surface area (Å²) < 4.78 is 9.12. The molecule has 2 unspecified atom stereocenters. The monoisotopic (exact) mass is 609 g/mol. The van der Waals surface area contributed by atoms with Crippen LogP contribution in [0.25, 0.3) is 52.9 Å². The van der Waals surface area contributed by atoms with Gasteiger partial charge in [0.25, 0.3) is 0 Å². The number of rotatable bonds is 3. The van der Waals surface area contributed by atoms with Crippen LogP contribution in [0.4, 0.5) is 11.4 Å². The molecular weight excluding hydrogens is 579 g/mol. The lowest BCUT2D eigenvalue weighted by molar-refractivity contribution is 0.580. The zero-order chi connectivity index (χ0) is 30.6. The molecule has 8 aromatic rings. The van der Waals surface area contributed by atoms with Crippen molar-refractivity contribution in [2.24, 2.45) is 0 Å². The minimum atomic E-state index is -0.0455. The Morgan fingerprint density at radius 3 is 2.26 bits per heavy atom. The number of thiophene rings is 1. The maximum Gasteiger partial charge on any atom is 0.137 e. The Kier molecular flexibility index (Phi) is 5.37. The van der Waals surface area contributed by atoms with E-state index in [9.17, 15) is 0 Å². The standard InChI is InChI=1S/C43H31NOS/c1-43(2)33-17-8-5-15-31(33)42-34(43)18-11-19-35(42)44(26-22-23-29-28-13-6-9-20-37(28)45-38(29)24-26)36-25-40-41(30-14-4-3-12-27(30)36)32-16-7-10-21-39(32)46-40/h3-25,35,42H,1-2H3. The van der Waals surface area contributed by atoms with E-state index in [2.05, 4.69) is 152 Å². The predicted octanol–water partition coefficient (Wildman–Crippen LogP) is 12.2. The molecule has 2 atom stereocenters. The Labute approximate surface area is 271 Å². The van der Waals surface area contributed by atoms with E-state index in [0.717, 1.165) is 27.6 Å². The molecule has 6 aromatic carbocycles. The number of fused-ring (bicyclic) bond motifs is 11. The minimum absolute atomic E-state index is 0.0455. The highest BCUT2D eigenvalue weighted by atomic mass is 32.1. The van der Waals surface area contributed by atoms with Gasteiger partial charge in [0.1, 0.15) is 11.2 Å². The number of anilines is 2. The average molecular weight is 610 g/mol. The third-order valence-electron chi connectivity index (χ3n) is 10.5. The van der Waals surface area contributed by atoms with Gasteiger partial charge in [0.15, 0.2) is 0 Å². The summed E-state index contributed by atoms with van der Waals surface area (Å²) in [5.74, 6) is 0.222. The van der Waals surface area contributed by atoms with Crippen molar-refractivity contribution in [1.82, 2.24) is 0 Å². The van der Waals surface area contributed by atoms with E-state index in [1.165, 1.54) is 53.3 Å². The molecule has 2 aromatic heterocycles. The maximum absolute atomic E-state index is 6.49. The van der Waals surface area contributed by atoms with Crippen molar-refractivity contribution in [3.63, 3.8) is 0 Å². The molecule has 0 N–H and O–H groups in total. The fourth-order valence-electron chi connectivity index (χ4n) is 8.45. The molecular formula is C43H31NOS. The number of furan rings is 1. The van der Waals surface area contributed by atoms with E-state index in [1.807, 2.05) is 17.4 Å². The van der Waals surface area contributed by atoms with Crippen LogP contribution in [0.5, 0.6) is 0 Å². The third-order valence-corrected chi connectivity index (χ3v) is 11.6. The smallest absolute Gasteiger partial charge is 0.137 e. The number of hydrogen-bond donors (Lipinski definition) is 0. The summed E-state index contributed by atoms with van der Waals surface area (Å²) in [5, 5.41) is 7.54. The lowest BCUT2D eigenvalue weighted by Crippen LogP contribution is -2.37. The molecule has 0 saturated heterocycles. The van der Waals surface area contributed by atoms with Gasteiger partial charge < -0.3 is 9.32 Å². The average Bonchev–Trinajstić information content (AvgIpc) is 3.73. The van der Waals surface area contributed by atoms with Gasteiger partial charge in [-0.05, 0) is 46.8 Å². The second kappa shape index (κ2) is 9.45. The maximum atomic E-state index is 6.49. The van der Waals surface area contributed by atoms with Gasteiger partial charge >= 0.3 is 0 Å². The van der Waals surface area contributed by atoms with Gasteiger partial charge in [-0.1, -0.05) is 123 Å². The second-order valence-electron chi connectivity index (χ2n) is 13.2. The summed E-state index contributed by atoms with van der Waals surface area (Å²) in [4.78, 5) is 2.60. The number of hydrogen-bond acceptors (Lipinski definition) is 3. The largest absolute Gasteiger partial charge is 0.456 e. The SMILES string of the molecule is CC1(C)C2=CC=CC(N(c3ccc4c(c3)oc3ccccc34)c3cc4sc5ccccc5c4c4ccccc34)C2c2ccccc21. The number of allylic oxidation sites excluding steroid dienone is 2. The van der Waals surface area contributed by atoms with E-state index in [-0.39, 0.29) is 17.4 Å². The van der Waals surface area contributed by atoms with Gasteiger partial charge in [0.05, 0.1) is 11.7 Å². The summed E-state index contributed by atoms with van der Waals surface area (Å²) in [7, 11) is 0. The predicted molar refractivity (Wildman–Crippen MR) is 196 cm³/mol. The van der Waals surface area contributed by atoms with Crippen LogP contribution >= 0.6 is 11.3 Å². The van der Waals surface area contributed by atoms with Crippen LogP contribution in [0.1, 0.15) is 30.9 Å². The summed E-state index contributed by atoms with van der Waals surface area (Å²) >= 11 is 1.89. The first-order chi connectivity index (χ1) is 22.6. The van der Waals surface area contributed by atoms with Crippen molar-refractivity contribution < 1.29 is 4.42 Å². The number of para-hydroxylation sites is 1.